The van der Waals surface area contributed by atoms with E-state index in [0.29, 0.717) is 6.42 Å². The first-order valence-electron chi connectivity index (χ1n) is 6.00. The summed E-state index contributed by atoms with van der Waals surface area (Å²) in [7, 11) is 0. The van der Waals surface area contributed by atoms with Crippen LogP contribution in [0, 0.1) is 0 Å². The Labute approximate surface area is 101 Å². The van der Waals surface area contributed by atoms with Gasteiger partial charge in [-0.2, -0.15) is 0 Å². The van der Waals surface area contributed by atoms with Crippen molar-refractivity contribution in [2.45, 2.75) is 31.8 Å². The molecule has 1 heterocycles. The summed E-state index contributed by atoms with van der Waals surface area (Å²) in [4.78, 5) is 12.0. The maximum atomic E-state index is 12.0. The largest absolute Gasteiger partial charge is 0.394 e. The van der Waals surface area contributed by atoms with E-state index in [1.807, 2.05) is 31.2 Å². The van der Waals surface area contributed by atoms with E-state index >= 15 is 0 Å². The van der Waals surface area contributed by atoms with E-state index in [-0.39, 0.29) is 24.6 Å². The monoisotopic (exact) mass is 234 g/mol. The minimum Gasteiger partial charge on any atom is -0.394 e. The van der Waals surface area contributed by atoms with Crippen LogP contribution >= 0.6 is 0 Å². The molecule has 1 aliphatic heterocycles. The van der Waals surface area contributed by atoms with Crippen molar-refractivity contribution in [3.05, 3.63) is 29.8 Å². The van der Waals surface area contributed by atoms with Crippen molar-refractivity contribution in [1.82, 2.24) is 5.32 Å². The minimum absolute atomic E-state index is 0.0120. The smallest absolute Gasteiger partial charge is 0.243 e. The lowest BCUT2D eigenvalue weighted by molar-refractivity contribution is -0.122. The number of aliphatic hydroxyl groups is 1. The summed E-state index contributed by atoms with van der Waals surface area (Å²) < 4.78 is 0. The predicted molar refractivity (Wildman–Crippen MR) is 66.9 cm³/mol. The van der Waals surface area contributed by atoms with Crippen LogP contribution in [0.15, 0.2) is 24.3 Å². The third-order valence-electron chi connectivity index (χ3n) is 3.15. The topological polar surface area (TPSA) is 61.4 Å². The van der Waals surface area contributed by atoms with Gasteiger partial charge >= 0.3 is 0 Å². The minimum atomic E-state index is -0.215. The van der Waals surface area contributed by atoms with Gasteiger partial charge in [0.2, 0.25) is 5.91 Å². The van der Waals surface area contributed by atoms with Crippen molar-refractivity contribution in [1.29, 1.82) is 0 Å². The molecule has 1 aromatic carbocycles. The highest BCUT2D eigenvalue weighted by Crippen LogP contribution is 2.25. The molecule has 0 radical (unpaired) electrons. The number of amides is 1. The molecule has 2 rings (SSSR count). The second kappa shape index (κ2) is 5.19. The first-order valence-corrected chi connectivity index (χ1v) is 6.00. The van der Waals surface area contributed by atoms with Crippen LogP contribution in [0.4, 0.5) is 5.69 Å². The number of fused-ring (bicyclic) bond motifs is 1. The first-order chi connectivity index (χ1) is 8.24. The van der Waals surface area contributed by atoms with E-state index in [1.165, 1.54) is 5.56 Å². The quantitative estimate of drug-likeness (QED) is 0.725. The highest BCUT2D eigenvalue weighted by Gasteiger charge is 2.27. The van der Waals surface area contributed by atoms with Gasteiger partial charge in [-0.15, -0.1) is 0 Å². The van der Waals surface area contributed by atoms with Crippen LogP contribution in [0.25, 0.3) is 0 Å². The summed E-state index contributed by atoms with van der Waals surface area (Å²) in [5.74, 6) is -0.0397. The van der Waals surface area contributed by atoms with E-state index in [9.17, 15) is 4.79 Å². The summed E-state index contributed by atoms with van der Waals surface area (Å²) in [6.45, 7) is 1.93. The van der Waals surface area contributed by atoms with Gasteiger partial charge in [0.05, 0.1) is 12.6 Å². The van der Waals surface area contributed by atoms with Gasteiger partial charge in [0.1, 0.15) is 6.04 Å². The molecule has 92 valence electrons. The van der Waals surface area contributed by atoms with Crippen LogP contribution in [0.5, 0.6) is 0 Å². The predicted octanol–water partition coefficient (Wildman–Crippen LogP) is 0.910. The fourth-order valence-corrected chi connectivity index (χ4v) is 2.03. The van der Waals surface area contributed by atoms with Crippen molar-refractivity contribution in [2.24, 2.45) is 0 Å². The van der Waals surface area contributed by atoms with Gasteiger partial charge < -0.3 is 15.7 Å². The van der Waals surface area contributed by atoms with Crippen LogP contribution < -0.4 is 10.6 Å². The molecule has 0 fully saturated rings. The fourth-order valence-electron chi connectivity index (χ4n) is 2.03. The highest BCUT2D eigenvalue weighted by molar-refractivity contribution is 5.87. The molecule has 3 N–H and O–H groups in total. The zero-order chi connectivity index (χ0) is 12.3. The molecular formula is C13H18N2O2. The van der Waals surface area contributed by atoms with Crippen LogP contribution in [0.1, 0.15) is 18.9 Å². The van der Waals surface area contributed by atoms with Crippen molar-refractivity contribution in [2.75, 3.05) is 11.9 Å². The highest BCUT2D eigenvalue weighted by atomic mass is 16.3. The zero-order valence-electron chi connectivity index (χ0n) is 9.94. The molecule has 4 heteroatoms. The average molecular weight is 234 g/mol. The van der Waals surface area contributed by atoms with Crippen molar-refractivity contribution < 1.29 is 9.90 Å². The van der Waals surface area contributed by atoms with Gasteiger partial charge in [-0.3, -0.25) is 4.79 Å². The fraction of sp³-hybridized carbons (Fsp3) is 0.462. The van der Waals surface area contributed by atoms with Gasteiger partial charge in [-0.1, -0.05) is 25.1 Å². The molecule has 1 aromatic rings. The number of carbonyl (C=O) groups is 1. The molecule has 0 aromatic heterocycles. The van der Waals surface area contributed by atoms with Crippen LogP contribution in [-0.2, 0) is 11.2 Å². The lowest BCUT2D eigenvalue weighted by atomic mass is 10.1. The van der Waals surface area contributed by atoms with E-state index in [4.69, 9.17) is 5.11 Å². The Balaban J connectivity index is 1.96. The van der Waals surface area contributed by atoms with Gasteiger partial charge in [0.25, 0.3) is 0 Å². The first kappa shape index (κ1) is 11.9. The third kappa shape index (κ3) is 2.58. The van der Waals surface area contributed by atoms with Crippen molar-refractivity contribution in [3.63, 3.8) is 0 Å². The summed E-state index contributed by atoms with van der Waals surface area (Å²) in [6, 6.07) is 7.57. The van der Waals surface area contributed by atoms with Crippen LogP contribution in [0.2, 0.25) is 0 Å². The molecule has 0 bridgehead atoms. The van der Waals surface area contributed by atoms with Crippen molar-refractivity contribution in [3.8, 4) is 0 Å². The van der Waals surface area contributed by atoms with E-state index < -0.39 is 0 Å². The lowest BCUT2D eigenvalue weighted by Crippen LogP contribution is -2.45. The number of rotatable bonds is 4. The second-order valence-electron chi connectivity index (χ2n) is 4.35. The Morgan fingerprint density at radius 1 is 1.59 bits per heavy atom. The summed E-state index contributed by atoms with van der Waals surface area (Å²) in [5.41, 5.74) is 2.20. The van der Waals surface area contributed by atoms with Gasteiger partial charge in [0.15, 0.2) is 0 Å². The summed E-state index contributed by atoms with van der Waals surface area (Å²) in [6.07, 6.45) is 1.45. The Morgan fingerprint density at radius 3 is 3.00 bits per heavy atom. The third-order valence-corrected chi connectivity index (χ3v) is 3.15. The van der Waals surface area contributed by atoms with Gasteiger partial charge in [-0.05, 0) is 18.1 Å². The lowest BCUT2D eigenvalue weighted by Gasteiger charge is -2.17. The molecule has 4 nitrogen and oxygen atoms in total. The zero-order valence-corrected chi connectivity index (χ0v) is 9.94. The number of para-hydroxylation sites is 1. The number of hydrogen-bond donors (Lipinski definition) is 3. The number of nitrogens with one attached hydrogen (secondary N) is 2. The van der Waals surface area contributed by atoms with Gasteiger partial charge in [-0.25, -0.2) is 0 Å². The number of hydrogen-bond acceptors (Lipinski definition) is 3. The molecule has 1 amide bonds. The standard InChI is InChI=1S/C13H18N2O2/c1-2-10(8-16)14-13(17)12-7-9-5-3-4-6-11(9)15-12/h3-6,10,12,15-16H,2,7-8H2,1H3,(H,14,17)/t10?,12-/m0/s1. The van der Waals surface area contributed by atoms with Crippen LogP contribution in [-0.4, -0.2) is 29.7 Å². The SMILES string of the molecule is CCC(CO)NC(=O)[C@@H]1Cc2ccccc2N1. The molecule has 0 spiro atoms. The van der Waals surface area contributed by atoms with Crippen LogP contribution in [0.3, 0.4) is 0 Å². The summed E-state index contributed by atoms with van der Waals surface area (Å²) >= 11 is 0. The number of aliphatic hydroxyl groups excluding tert-OH is 1. The molecule has 1 unspecified atom stereocenters. The molecular weight excluding hydrogens is 216 g/mol. The molecule has 17 heavy (non-hydrogen) atoms. The number of benzene rings is 1. The molecule has 0 saturated carbocycles. The van der Waals surface area contributed by atoms with E-state index in [2.05, 4.69) is 10.6 Å². The normalized spacial score (nSPS) is 19.3. The Bertz CT molecular complexity index is 377. The van der Waals surface area contributed by atoms with E-state index in [0.717, 1.165) is 12.1 Å². The molecule has 2 atom stereocenters. The Hall–Kier alpha value is -1.55. The summed E-state index contributed by atoms with van der Waals surface area (Å²) in [5, 5.41) is 15.1. The molecule has 0 saturated heterocycles. The number of carbonyl (C=O) groups excluding carboxylic acids is 1. The maximum absolute atomic E-state index is 12.0. The molecule has 0 aliphatic carbocycles. The van der Waals surface area contributed by atoms with E-state index in [1.54, 1.807) is 0 Å². The molecule has 1 aliphatic rings. The Kier molecular flexibility index (Phi) is 3.64. The Morgan fingerprint density at radius 2 is 2.35 bits per heavy atom. The van der Waals surface area contributed by atoms with Gasteiger partial charge in [0, 0.05) is 12.1 Å². The average Bonchev–Trinajstić information content (AvgIpc) is 2.79. The van der Waals surface area contributed by atoms with Crippen molar-refractivity contribution >= 4 is 11.6 Å². The maximum Gasteiger partial charge on any atom is 0.243 e. The number of anilines is 1. The second-order valence-corrected chi connectivity index (χ2v) is 4.35.